The molecule has 0 amide bonds. The molecule has 0 rings (SSSR count). The van der Waals surface area contributed by atoms with E-state index >= 15 is 0 Å². The van der Waals surface area contributed by atoms with Gasteiger partial charge in [0.15, 0.2) is 12.2 Å². The SMILES string of the molecule is CCCCCCCCCCCCCCCCCC(=O)OC[C@H](COP(=O)(O)OC[C@@H](O)COP(=O)(O)OC[C@@H](COC(=O)CCCCCCCCCCCC)OC(=O)CCCCCCCCCCCC)OC(=O)CCCCCCCCCCCCCCCCCCCCC(C)C. The van der Waals surface area contributed by atoms with Gasteiger partial charge in [0.25, 0.3) is 0 Å². The second-order valence-electron chi connectivity index (χ2n) is 28.2. The highest BCUT2D eigenvalue weighted by Crippen LogP contribution is 2.45. The number of phosphoric ester groups is 2. The molecule has 570 valence electrons. The predicted molar refractivity (Wildman–Crippen MR) is 391 cm³/mol. The van der Waals surface area contributed by atoms with Crippen molar-refractivity contribution in [3.05, 3.63) is 0 Å². The van der Waals surface area contributed by atoms with Crippen LogP contribution in [0.3, 0.4) is 0 Å². The fraction of sp³-hybridized carbons (Fsp3) is 0.948. The lowest BCUT2D eigenvalue weighted by Crippen LogP contribution is -2.30. The van der Waals surface area contributed by atoms with Gasteiger partial charge in [0, 0.05) is 25.7 Å². The topological polar surface area (TPSA) is 237 Å². The fourth-order valence-corrected chi connectivity index (χ4v) is 13.5. The van der Waals surface area contributed by atoms with Gasteiger partial charge >= 0.3 is 39.5 Å². The van der Waals surface area contributed by atoms with Crippen LogP contribution in [0, 0.1) is 5.92 Å². The normalized spacial score (nSPS) is 13.9. The quantitative estimate of drug-likeness (QED) is 0.0222. The Kier molecular flexibility index (Phi) is 68.7. The molecule has 17 nitrogen and oxygen atoms in total. The highest BCUT2D eigenvalue weighted by atomic mass is 31.2. The maximum atomic E-state index is 13.1. The Bertz CT molecular complexity index is 1840. The molecular formula is C77H150O17P2. The van der Waals surface area contributed by atoms with E-state index in [0.717, 1.165) is 95.8 Å². The van der Waals surface area contributed by atoms with Gasteiger partial charge < -0.3 is 33.8 Å². The molecule has 5 atom stereocenters. The molecule has 0 saturated heterocycles. The number of ether oxygens (including phenoxy) is 4. The molecule has 0 aromatic heterocycles. The van der Waals surface area contributed by atoms with Gasteiger partial charge in [-0.25, -0.2) is 9.13 Å². The second-order valence-corrected chi connectivity index (χ2v) is 31.1. The molecule has 0 fully saturated rings. The van der Waals surface area contributed by atoms with Gasteiger partial charge in [0.1, 0.15) is 19.3 Å². The largest absolute Gasteiger partial charge is 0.472 e. The minimum atomic E-state index is -4.96. The zero-order valence-corrected chi connectivity index (χ0v) is 64.3. The Morgan fingerprint density at radius 1 is 0.281 bits per heavy atom. The van der Waals surface area contributed by atoms with E-state index in [1.807, 2.05) is 0 Å². The van der Waals surface area contributed by atoms with Gasteiger partial charge in [0.05, 0.1) is 26.4 Å². The Balaban J connectivity index is 5.19. The molecule has 0 aromatic carbocycles. The minimum Gasteiger partial charge on any atom is -0.462 e. The van der Waals surface area contributed by atoms with Crippen LogP contribution in [-0.4, -0.2) is 96.7 Å². The Hall–Kier alpha value is -1.94. The summed E-state index contributed by atoms with van der Waals surface area (Å²) in [5.41, 5.74) is 0. The van der Waals surface area contributed by atoms with Crippen LogP contribution in [0.1, 0.15) is 407 Å². The van der Waals surface area contributed by atoms with Crippen molar-refractivity contribution in [2.24, 2.45) is 5.92 Å². The van der Waals surface area contributed by atoms with Crippen LogP contribution in [0.25, 0.3) is 0 Å². The van der Waals surface area contributed by atoms with Crippen molar-refractivity contribution in [3.63, 3.8) is 0 Å². The third kappa shape index (κ3) is 70.5. The average Bonchev–Trinajstić information content (AvgIpc) is 1.34. The van der Waals surface area contributed by atoms with Gasteiger partial charge in [-0.05, 0) is 31.6 Å². The number of hydrogen-bond acceptors (Lipinski definition) is 15. The van der Waals surface area contributed by atoms with E-state index in [-0.39, 0.29) is 25.7 Å². The molecule has 19 heteroatoms. The number of unbranched alkanes of at least 4 members (excludes halogenated alkanes) is 49. The lowest BCUT2D eigenvalue weighted by Gasteiger charge is -2.21. The molecule has 0 saturated carbocycles. The van der Waals surface area contributed by atoms with Gasteiger partial charge in [-0.15, -0.1) is 0 Å². The van der Waals surface area contributed by atoms with Gasteiger partial charge in [-0.2, -0.15) is 0 Å². The summed E-state index contributed by atoms with van der Waals surface area (Å²) < 4.78 is 68.5. The number of phosphoric acid groups is 2. The first-order valence-corrected chi connectivity index (χ1v) is 43.1. The van der Waals surface area contributed by atoms with E-state index in [1.165, 1.54) is 231 Å². The summed E-state index contributed by atoms with van der Waals surface area (Å²) in [5, 5.41) is 10.6. The van der Waals surface area contributed by atoms with Crippen molar-refractivity contribution in [1.82, 2.24) is 0 Å². The number of carbonyl (C=O) groups is 4. The molecule has 3 N–H and O–H groups in total. The molecule has 0 aliphatic heterocycles. The smallest absolute Gasteiger partial charge is 0.462 e. The molecule has 0 heterocycles. The lowest BCUT2D eigenvalue weighted by molar-refractivity contribution is -0.161. The molecule has 0 aromatic rings. The average molecular weight is 1410 g/mol. The van der Waals surface area contributed by atoms with Gasteiger partial charge in [-0.3, -0.25) is 37.3 Å². The first-order chi connectivity index (χ1) is 46.5. The summed E-state index contributed by atoms with van der Waals surface area (Å²) in [6, 6.07) is 0. The summed E-state index contributed by atoms with van der Waals surface area (Å²) in [6.07, 6.45) is 59.6. The summed E-state index contributed by atoms with van der Waals surface area (Å²) >= 11 is 0. The Morgan fingerprint density at radius 3 is 0.708 bits per heavy atom. The third-order valence-corrected chi connectivity index (χ3v) is 19.9. The molecule has 96 heavy (non-hydrogen) atoms. The number of carbonyl (C=O) groups excluding carboxylic acids is 4. The monoisotopic (exact) mass is 1410 g/mol. The van der Waals surface area contributed by atoms with E-state index in [0.29, 0.717) is 25.7 Å². The summed E-state index contributed by atoms with van der Waals surface area (Å²) in [5.74, 6) is -1.29. The summed E-state index contributed by atoms with van der Waals surface area (Å²) in [4.78, 5) is 72.8. The fourth-order valence-electron chi connectivity index (χ4n) is 11.9. The second kappa shape index (κ2) is 70.1. The van der Waals surface area contributed by atoms with E-state index in [1.54, 1.807) is 0 Å². The van der Waals surface area contributed by atoms with Crippen LogP contribution in [0.2, 0.25) is 0 Å². The highest BCUT2D eigenvalue weighted by Gasteiger charge is 2.30. The van der Waals surface area contributed by atoms with Crippen LogP contribution in [0.15, 0.2) is 0 Å². The maximum absolute atomic E-state index is 13.1. The van der Waals surface area contributed by atoms with Crippen LogP contribution >= 0.6 is 15.6 Å². The van der Waals surface area contributed by atoms with Crippen molar-refractivity contribution in [2.45, 2.75) is 425 Å². The zero-order valence-electron chi connectivity index (χ0n) is 62.5. The maximum Gasteiger partial charge on any atom is 0.472 e. The number of esters is 4. The van der Waals surface area contributed by atoms with Crippen LogP contribution in [0.4, 0.5) is 0 Å². The lowest BCUT2D eigenvalue weighted by atomic mass is 10.0. The third-order valence-electron chi connectivity index (χ3n) is 18.0. The van der Waals surface area contributed by atoms with Crippen LogP contribution in [0.5, 0.6) is 0 Å². The van der Waals surface area contributed by atoms with Crippen molar-refractivity contribution in [2.75, 3.05) is 39.6 Å². The number of hydrogen-bond donors (Lipinski definition) is 3. The molecule has 2 unspecified atom stereocenters. The standard InChI is InChI=1S/C77H150O17P2/c1-6-9-12-15-18-21-24-25-30-34-37-42-46-51-56-61-75(80)88-67-73(94-77(82)63-58-53-48-43-38-35-32-29-27-26-28-31-33-36-39-44-49-54-59-70(4)5)69-92-96(85,86)90-65-71(78)64-89-95(83,84)91-68-72(93-76(81)62-57-52-47-41-23-20-17-14-11-8-3)66-87-74(79)60-55-50-45-40-22-19-16-13-10-7-2/h70-73,78H,6-69H2,1-5H3,(H,83,84)(H,85,86)/t71-,72+,73+/m0/s1. The Labute approximate surface area is 588 Å². The van der Waals surface area contributed by atoms with E-state index < -0.39 is 97.5 Å². The van der Waals surface area contributed by atoms with Crippen molar-refractivity contribution >= 4 is 39.5 Å². The van der Waals surface area contributed by atoms with Gasteiger partial charge in [-0.1, -0.05) is 356 Å². The van der Waals surface area contributed by atoms with Crippen molar-refractivity contribution in [3.8, 4) is 0 Å². The van der Waals surface area contributed by atoms with Crippen molar-refractivity contribution < 1.29 is 80.2 Å². The first-order valence-electron chi connectivity index (χ1n) is 40.1. The molecule has 0 bridgehead atoms. The molecule has 0 aliphatic rings. The molecule has 0 aliphatic carbocycles. The predicted octanol–water partition coefficient (Wildman–Crippen LogP) is 22.9. The van der Waals surface area contributed by atoms with Crippen LogP contribution < -0.4 is 0 Å². The van der Waals surface area contributed by atoms with Crippen LogP contribution in [-0.2, 0) is 65.4 Å². The molecule has 0 radical (unpaired) electrons. The van der Waals surface area contributed by atoms with E-state index in [4.69, 9.17) is 37.0 Å². The molecular weight excluding hydrogens is 1260 g/mol. The molecule has 0 spiro atoms. The van der Waals surface area contributed by atoms with E-state index in [9.17, 15) is 43.2 Å². The number of aliphatic hydroxyl groups excluding tert-OH is 1. The number of aliphatic hydroxyl groups is 1. The first kappa shape index (κ1) is 94.1. The minimum absolute atomic E-state index is 0.107. The summed E-state index contributed by atoms with van der Waals surface area (Å²) in [6.45, 7) is 7.32. The summed E-state index contributed by atoms with van der Waals surface area (Å²) in [7, 11) is -9.91. The number of rotatable bonds is 77. The van der Waals surface area contributed by atoms with E-state index in [2.05, 4.69) is 34.6 Å². The van der Waals surface area contributed by atoms with Crippen molar-refractivity contribution in [1.29, 1.82) is 0 Å². The highest BCUT2D eigenvalue weighted by molar-refractivity contribution is 7.47. The zero-order chi connectivity index (χ0) is 70.5. The Morgan fingerprint density at radius 2 is 0.479 bits per heavy atom. The van der Waals surface area contributed by atoms with Gasteiger partial charge in [0.2, 0.25) is 0 Å².